The predicted molar refractivity (Wildman–Crippen MR) is 68.9 cm³/mol. The van der Waals surface area contributed by atoms with Crippen molar-refractivity contribution >= 4 is 27.0 Å². The van der Waals surface area contributed by atoms with Crippen molar-refractivity contribution in [3.05, 3.63) is 11.4 Å². The summed E-state index contributed by atoms with van der Waals surface area (Å²) in [5.74, 6) is 0. The zero-order valence-corrected chi connectivity index (χ0v) is 11.4. The lowest BCUT2D eigenvalue weighted by molar-refractivity contribution is -0.0588. The van der Waals surface area contributed by atoms with E-state index in [0.717, 1.165) is 11.3 Å². The minimum absolute atomic E-state index is 0.00347. The van der Waals surface area contributed by atoms with Gasteiger partial charge in [0.1, 0.15) is 4.21 Å². The van der Waals surface area contributed by atoms with Crippen molar-refractivity contribution < 1.29 is 18.3 Å². The second kappa shape index (κ2) is 5.14. The SMILES string of the molecule is Nc1csc(S(=O)(=O)NCC2(O)CCOCC2)c1. The largest absolute Gasteiger partial charge is 0.398 e. The van der Waals surface area contributed by atoms with Crippen LogP contribution in [0.5, 0.6) is 0 Å². The minimum atomic E-state index is -3.59. The molecular formula is C10H16N2O4S2. The highest BCUT2D eigenvalue weighted by Crippen LogP contribution is 2.23. The summed E-state index contributed by atoms with van der Waals surface area (Å²) in [4.78, 5) is 0. The van der Waals surface area contributed by atoms with Crippen LogP contribution in [0.25, 0.3) is 0 Å². The number of ether oxygens (including phenoxy) is 1. The Hall–Kier alpha value is -0.670. The molecule has 0 radical (unpaired) electrons. The summed E-state index contributed by atoms with van der Waals surface area (Å²) in [5.41, 5.74) is 4.89. The summed E-state index contributed by atoms with van der Waals surface area (Å²) in [5, 5.41) is 11.7. The highest BCUT2D eigenvalue weighted by molar-refractivity contribution is 7.91. The molecule has 0 bridgehead atoms. The van der Waals surface area contributed by atoms with E-state index in [1.807, 2.05) is 0 Å². The van der Waals surface area contributed by atoms with Gasteiger partial charge in [0.05, 0.1) is 5.60 Å². The Bertz CT molecular complexity index is 506. The topological polar surface area (TPSA) is 102 Å². The third kappa shape index (κ3) is 3.21. The van der Waals surface area contributed by atoms with Gasteiger partial charge in [-0.3, -0.25) is 0 Å². The number of nitrogens with two attached hydrogens (primary N) is 1. The molecule has 4 N–H and O–H groups in total. The maximum absolute atomic E-state index is 11.9. The number of sulfonamides is 1. The van der Waals surface area contributed by atoms with E-state index in [4.69, 9.17) is 10.5 Å². The van der Waals surface area contributed by atoms with Crippen molar-refractivity contribution in [3.63, 3.8) is 0 Å². The van der Waals surface area contributed by atoms with Crippen molar-refractivity contribution in [1.29, 1.82) is 0 Å². The van der Waals surface area contributed by atoms with E-state index in [9.17, 15) is 13.5 Å². The van der Waals surface area contributed by atoms with Gasteiger partial charge in [-0.05, 0) is 6.07 Å². The molecule has 1 aromatic heterocycles. The number of thiophene rings is 1. The van der Waals surface area contributed by atoms with Gasteiger partial charge in [0.15, 0.2) is 0 Å². The fraction of sp³-hybridized carbons (Fsp3) is 0.600. The molecule has 0 amide bonds. The minimum Gasteiger partial charge on any atom is -0.398 e. The molecule has 1 aromatic rings. The second-order valence-electron chi connectivity index (χ2n) is 4.36. The number of rotatable bonds is 4. The molecule has 0 unspecified atom stereocenters. The first-order chi connectivity index (χ1) is 8.41. The molecule has 1 fully saturated rings. The van der Waals surface area contributed by atoms with Gasteiger partial charge in [-0.15, -0.1) is 11.3 Å². The summed E-state index contributed by atoms with van der Waals surface area (Å²) in [6.45, 7) is 0.894. The zero-order valence-electron chi connectivity index (χ0n) is 9.76. The average molecular weight is 292 g/mol. The molecule has 0 aliphatic carbocycles. The Balaban J connectivity index is 2.01. The lowest BCUT2D eigenvalue weighted by Crippen LogP contribution is -2.46. The van der Waals surface area contributed by atoms with E-state index >= 15 is 0 Å². The van der Waals surface area contributed by atoms with Gasteiger partial charge in [-0.25, -0.2) is 13.1 Å². The van der Waals surface area contributed by atoms with Crippen LogP contribution in [-0.4, -0.2) is 38.9 Å². The van der Waals surface area contributed by atoms with Crippen LogP contribution in [0.2, 0.25) is 0 Å². The van der Waals surface area contributed by atoms with E-state index in [1.165, 1.54) is 6.07 Å². The molecule has 102 valence electrons. The second-order valence-corrected chi connectivity index (χ2v) is 7.27. The van der Waals surface area contributed by atoms with E-state index in [2.05, 4.69) is 4.72 Å². The molecule has 2 rings (SSSR count). The van der Waals surface area contributed by atoms with Crippen LogP contribution in [0.3, 0.4) is 0 Å². The first-order valence-corrected chi connectivity index (χ1v) is 7.91. The summed E-state index contributed by atoms with van der Waals surface area (Å²) in [7, 11) is -3.59. The molecule has 0 saturated carbocycles. The van der Waals surface area contributed by atoms with Crippen LogP contribution in [0.1, 0.15) is 12.8 Å². The van der Waals surface area contributed by atoms with Crippen LogP contribution in [-0.2, 0) is 14.8 Å². The van der Waals surface area contributed by atoms with Gasteiger partial charge in [-0.2, -0.15) is 0 Å². The quantitative estimate of drug-likeness (QED) is 0.733. The molecule has 1 aliphatic rings. The van der Waals surface area contributed by atoms with Crippen LogP contribution in [0.4, 0.5) is 5.69 Å². The Labute approximate surface area is 110 Å². The zero-order chi connectivity index (χ0) is 13.2. The van der Waals surface area contributed by atoms with Gasteiger partial charge in [0.2, 0.25) is 10.0 Å². The van der Waals surface area contributed by atoms with Crippen LogP contribution >= 0.6 is 11.3 Å². The first kappa shape index (κ1) is 13.8. The Morgan fingerprint density at radius 1 is 1.50 bits per heavy atom. The molecule has 18 heavy (non-hydrogen) atoms. The van der Waals surface area contributed by atoms with Gasteiger partial charge < -0.3 is 15.6 Å². The van der Waals surface area contributed by atoms with Crippen molar-refractivity contribution in [3.8, 4) is 0 Å². The smallest absolute Gasteiger partial charge is 0.250 e. The fourth-order valence-electron chi connectivity index (χ4n) is 1.70. The van der Waals surface area contributed by atoms with Crippen molar-refractivity contribution in [2.75, 3.05) is 25.5 Å². The maximum Gasteiger partial charge on any atom is 0.250 e. The van der Waals surface area contributed by atoms with Crippen LogP contribution < -0.4 is 10.5 Å². The maximum atomic E-state index is 11.9. The molecule has 6 nitrogen and oxygen atoms in total. The number of hydrogen-bond acceptors (Lipinski definition) is 6. The monoisotopic (exact) mass is 292 g/mol. The van der Waals surface area contributed by atoms with Gasteiger partial charge in [0.25, 0.3) is 0 Å². The summed E-state index contributed by atoms with van der Waals surface area (Å²) in [6.07, 6.45) is 0.865. The van der Waals surface area contributed by atoms with Crippen molar-refractivity contribution in [1.82, 2.24) is 4.72 Å². The summed E-state index contributed by atoms with van der Waals surface area (Å²) < 4.78 is 31.6. The third-order valence-corrected chi connectivity index (χ3v) is 5.73. The van der Waals surface area contributed by atoms with Gasteiger partial charge >= 0.3 is 0 Å². The number of hydrogen-bond donors (Lipinski definition) is 3. The van der Waals surface area contributed by atoms with E-state index in [0.29, 0.717) is 31.7 Å². The van der Waals surface area contributed by atoms with E-state index in [-0.39, 0.29) is 10.8 Å². The summed E-state index contributed by atoms with van der Waals surface area (Å²) >= 11 is 1.06. The normalized spacial score (nSPS) is 19.8. The standard InChI is InChI=1S/C10H16N2O4S2/c11-8-5-9(17-6-8)18(14,15)12-7-10(13)1-3-16-4-2-10/h5-6,12-13H,1-4,7,11H2. The van der Waals surface area contributed by atoms with E-state index in [1.54, 1.807) is 5.38 Å². The number of nitrogens with one attached hydrogen (secondary N) is 1. The molecule has 0 spiro atoms. The Morgan fingerprint density at radius 3 is 2.72 bits per heavy atom. The highest BCUT2D eigenvalue weighted by Gasteiger charge is 2.31. The van der Waals surface area contributed by atoms with Crippen molar-refractivity contribution in [2.45, 2.75) is 22.7 Å². The van der Waals surface area contributed by atoms with Gasteiger partial charge in [0, 0.05) is 43.7 Å². The van der Waals surface area contributed by atoms with E-state index < -0.39 is 15.6 Å². The lowest BCUT2D eigenvalue weighted by Gasteiger charge is -2.31. The molecule has 1 saturated heterocycles. The van der Waals surface area contributed by atoms with Gasteiger partial charge in [-0.1, -0.05) is 0 Å². The predicted octanol–water partition coefficient (Wildman–Crippen LogP) is 0.150. The Morgan fingerprint density at radius 2 is 2.17 bits per heavy atom. The molecule has 2 heterocycles. The van der Waals surface area contributed by atoms with Crippen LogP contribution in [0, 0.1) is 0 Å². The fourth-order valence-corrected chi connectivity index (χ4v) is 3.94. The number of nitrogen functional groups attached to an aromatic ring is 1. The molecule has 0 atom stereocenters. The number of anilines is 1. The molecule has 0 aromatic carbocycles. The lowest BCUT2D eigenvalue weighted by atomic mass is 9.95. The average Bonchev–Trinajstić information content (AvgIpc) is 2.76. The third-order valence-electron chi connectivity index (χ3n) is 2.88. The number of aliphatic hydroxyl groups is 1. The molecular weight excluding hydrogens is 276 g/mol. The molecule has 8 heteroatoms. The molecule has 1 aliphatic heterocycles. The van der Waals surface area contributed by atoms with Crippen LogP contribution in [0.15, 0.2) is 15.7 Å². The highest BCUT2D eigenvalue weighted by atomic mass is 32.2. The van der Waals surface area contributed by atoms with Crippen molar-refractivity contribution in [2.24, 2.45) is 0 Å². The summed E-state index contributed by atoms with van der Waals surface area (Å²) in [6, 6.07) is 1.40. The Kier molecular flexibility index (Phi) is 3.93. The first-order valence-electron chi connectivity index (χ1n) is 5.55.